The first-order valence-electron chi connectivity index (χ1n) is 1.86. The molecule has 0 rings (SSSR count). The van der Waals surface area contributed by atoms with Crippen molar-refractivity contribution in [2.24, 2.45) is 0 Å². The Morgan fingerprint density at radius 3 is 1.86 bits per heavy atom. The van der Waals surface area contributed by atoms with Crippen LogP contribution in [0.3, 0.4) is 0 Å². The van der Waals surface area contributed by atoms with E-state index in [1.807, 2.05) is 0 Å². The van der Waals surface area contributed by atoms with Crippen molar-refractivity contribution < 1.29 is 0 Å². The predicted octanol–water partition coefficient (Wildman–Crippen LogP) is 0.794. The van der Waals surface area contributed by atoms with E-state index in [4.69, 9.17) is 12.8 Å². The molecule has 0 saturated heterocycles. The van der Waals surface area contributed by atoms with Gasteiger partial charge in [-0.15, -0.1) is 0 Å². The van der Waals surface area contributed by atoms with Crippen molar-refractivity contribution in [3.05, 3.63) is 0 Å². The van der Waals surface area contributed by atoms with Gasteiger partial charge in [-0.1, -0.05) is 0 Å². The average molecular weight is 157 g/mol. The van der Waals surface area contributed by atoms with Gasteiger partial charge in [0, 0.05) is 0 Å². The van der Waals surface area contributed by atoms with Crippen LogP contribution in [0.15, 0.2) is 0 Å². The molecule has 0 aliphatic rings. The van der Waals surface area contributed by atoms with E-state index in [2.05, 4.69) is 11.8 Å². The molecule has 0 radical (unpaired) electrons. The maximum absolute atomic E-state index is 4.97. The monoisotopic (exact) mass is 158 g/mol. The summed E-state index contributed by atoms with van der Waals surface area (Å²) in [5.41, 5.74) is 0. The Morgan fingerprint density at radius 2 is 1.57 bits per heavy atom. The zero-order valence-corrected chi connectivity index (χ0v) is 5.69. The fourth-order valence-electron chi connectivity index (χ4n) is 0.169. The van der Waals surface area contributed by atoms with Crippen molar-refractivity contribution in [3.63, 3.8) is 0 Å². The molecule has 36 valence electrons. The third-order valence-corrected chi connectivity index (χ3v) is 1.93. The zero-order valence-electron chi connectivity index (χ0n) is 3.98. The molecule has 0 aliphatic heterocycles. The van der Waals surface area contributed by atoms with Crippen molar-refractivity contribution in [2.45, 2.75) is 10.6 Å². The normalized spacial score (nSPS) is 6.57. The predicted molar refractivity (Wildman–Crippen MR) is 33.0 cm³/mol. The molecule has 0 aliphatic carbocycles. The summed E-state index contributed by atoms with van der Waals surface area (Å²) in [4.78, 5) is 0. The van der Waals surface area contributed by atoms with Gasteiger partial charge in [-0.05, 0) is 0 Å². The van der Waals surface area contributed by atoms with E-state index >= 15 is 0 Å². The summed E-state index contributed by atoms with van der Waals surface area (Å²) in [5, 5.41) is 1.74. The summed E-state index contributed by atoms with van der Waals surface area (Å²) in [6, 6.07) is 0. The Bertz CT molecular complexity index is 88.3. The molecule has 0 unspecified atom stereocenters. The topological polar surface area (TPSA) is 0 Å². The molecule has 0 spiro atoms. The number of hydrogen-bond donors (Lipinski definition) is 0. The van der Waals surface area contributed by atoms with E-state index in [1.54, 1.807) is 0 Å². The van der Waals surface area contributed by atoms with Crippen molar-refractivity contribution in [1.82, 2.24) is 0 Å². The molecule has 1 heteroatoms. The van der Waals surface area contributed by atoms with Crippen LogP contribution in [-0.2, 0) is 0 Å². The van der Waals surface area contributed by atoms with Crippen LogP contribution >= 0.6 is 0 Å². The first-order valence-corrected chi connectivity index (χ1v) is 4.28. The summed E-state index contributed by atoms with van der Waals surface area (Å²) in [7, 11) is 0. The van der Waals surface area contributed by atoms with Crippen LogP contribution in [0.4, 0.5) is 0 Å². The molecule has 0 bridgehead atoms. The minimum absolute atomic E-state index is 0.503. The molecular formula is C6H6Se. The summed E-state index contributed by atoms with van der Waals surface area (Å²) < 4.78 is 0. The fourth-order valence-corrected chi connectivity index (χ4v) is 0.878. The minimum atomic E-state index is 0.503. The molecule has 0 aromatic rings. The third-order valence-electron chi connectivity index (χ3n) is 0.371. The van der Waals surface area contributed by atoms with E-state index < -0.39 is 0 Å². The Balaban J connectivity index is 2.77. The van der Waals surface area contributed by atoms with Crippen LogP contribution in [0, 0.1) is 24.7 Å². The zero-order chi connectivity index (χ0) is 5.54. The Kier molecular flexibility index (Phi) is 5.35. The second-order valence-electron chi connectivity index (χ2n) is 0.901. The quantitative estimate of drug-likeness (QED) is 0.316. The molecule has 0 heterocycles. The molecule has 0 saturated carbocycles. The Hall–Kier alpha value is -0.361. The molecular weight excluding hydrogens is 151 g/mol. The van der Waals surface area contributed by atoms with Crippen molar-refractivity contribution >= 4 is 15.0 Å². The van der Waals surface area contributed by atoms with Crippen LogP contribution in [0.2, 0.25) is 10.6 Å². The molecule has 0 aromatic heterocycles. The van der Waals surface area contributed by atoms with Crippen LogP contribution in [0.5, 0.6) is 0 Å². The van der Waals surface area contributed by atoms with E-state index in [1.165, 1.54) is 0 Å². The van der Waals surface area contributed by atoms with Crippen LogP contribution in [-0.4, -0.2) is 15.0 Å². The summed E-state index contributed by atoms with van der Waals surface area (Å²) in [5.74, 6) is 5.07. The number of hydrogen-bond acceptors (Lipinski definition) is 0. The number of terminal acetylenes is 2. The first kappa shape index (κ1) is 6.64. The van der Waals surface area contributed by atoms with Gasteiger partial charge in [0.2, 0.25) is 0 Å². The fraction of sp³-hybridized carbons (Fsp3) is 0.333. The van der Waals surface area contributed by atoms with Crippen LogP contribution in [0.25, 0.3) is 0 Å². The Labute approximate surface area is 50.8 Å². The van der Waals surface area contributed by atoms with Crippen LogP contribution in [0.1, 0.15) is 0 Å². The first-order chi connectivity index (χ1) is 3.41. The average Bonchev–Trinajstić information content (AvgIpc) is 1.69. The summed E-state index contributed by atoms with van der Waals surface area (Å²) in [6.07, 6.45) is 9.93. The van der Waals surface area contributed by atoms with Crippen molar-refractivity contribution in [2.75, 3.05) is 0 Å². The van der Waals surface area contributed by atoms with Gasteiger partial charge < -0.3 is 0 Å². The molecule has 0 atom stereocenters. The molecule has 0 aromatic carbocycles. The van der Waals surface area contributed by atoms with E-state index in [-0.39, 0.29) is 0 Å². The van der Waals surface area contributed by atoms with Gasteiger partial charge in [-0.3, -0.25) is 0 Å². The van der Waals surface area contributed by atoms with Gasteiger partial charge in [0.25, 0.3) is 0 Å². The summed E-state index contributed by atoms with van der Waals surface area (Å²) >= 11 is 0.503. The van der Waals surface area contributed by atoms with Gasteiger partial charge in [-0.2, -0.15) is 0 Å². The second kappa shape index (κ2) is 5.64. The van der Waals surface area contributed by atoms with E-state index in [0.29, 0.717) is 15.0 Å². The van der Waals surface area contributed by atoms with Gasteiger partial charge >= 0.3 is 50.3 Å². The van der Waals surface area contributed by atoms with Crippen molar-refractivity contribution in [3.8, 4) is 24.7 Å². The summed E-state index contributed by atoms with van der Waals surface area (Å²) in [6.45, 7) is 0. The second-order valence-corrected chi connectivity index (χ2v) is 2.97. The van der Waals surface area contributed by atoms with Crippen molar-refractivity contribution in [1.29, 1.82) is 0 Å². The standard InChI is InChI=1S/C6H6Se/c1-3-5-7-6-4-2/h1-2H,5-6H2. The molecule has 0 amide bonds. The van der Waals surface area contributed by atoms with Crippen LogP contribution < -0.4 is 0 Å². The number of rotatable bonds is 2. The van der Waals surface area contributed by atoms with Gasteiger partial charge in [-0.25, -0.2) is 0 Å². The van der Waals surface area contributed by atoms with Gasteiger partial charge in [0.15, 0.2) is 0 Å². The SMILES string of the molecule is C#CC[Se]CC#C. The van der Waals surface area contributed by atoms with E-state index in [9.17, 15) is 0 Å². The Morgan fingerprint density at radius 1 is 1.14 bits per heavy atom. The van der Waals surface area contributed by atoms with E-state index in [0.717, 1.165) is 10.6 Å². The molecule has 7 heavy (non-hydrogen) atoms. The van der Waals surface area contributed by atoms with Gasteiger partial charge in [0.05, 0.1) is 0 Å². The van der Waals surface area contributed by atoms with Gasteiger partial charge in [0.1, 0.15) is 0 Å². The molecule has 0 N–H and O–H groups in total. The molecule has 0 nitrogen and oxygen atoms in total. The third kappa shape index (κ3) is 5.64. The molecule has 0 fully saturated rings. The maximum atomic E-state index is 4.97.